The van der Waals surface area contributed by atoms with Gasteiger partial charge in [0.1, 0.15) is 18.5 Å². The van der Waals surface area contributed by atoms with Crippen molar-refractivity contribution >= 4 is 5.91 Å². The number of carbonyl (C=O) groups excluding carboxylic acids is 1. The SMILES string of the molecule is CCN(CC(=O)NCc1cc(OC)c(OC)cc1OC)CC1COc2ccccc2O1. The van der Waals surface area contributed by atoms with Crippen molar-refractivity contribution in [1.82, 2.24) is 10.2 Å². The predicted molar refractivity (Wildman–Crippen MR) is 116 cm³/mol. The number of hydrogen-bond acceptors (Lipinski definition) is 7. The van der Waals surface area contributed by atoms with Gasteiger partial charge in [-0.05, 0) is 24.7 Å². The van der Waals surface area contributed by atoms with Gasteiger partial charge in [0.05, 0.1) is 27.9 Å². The van der Waals surface area contributed by atoms with E-state index < -0.39 is 0 Å². The van der Waals surface area contributed by atoms with Crippen LogP contribution in [0.25, 0.3) is 0 Å². The summed E-state index contributed by atoms with van der Waals surface area (Å²) in [7, 11) is 4.72. The highest BCUT2D eigenvalue weighted by atomic mass is 16.6. The molecule has 8 heteroatoms. The molecule has 1 amide bonds. The molecule has 2 aromatic rings. The molecule has 0 saturated heterocycles. The average molecular weight is 431 g/mol. The zero-order valence-corrected chi connectivity index (χ0v) is 18.5. The first-order valence-corrected chi connectivity index (χ1v) is 10.2. The first kappa shape index (κ1) is 22.6. The Bertz CT molecular complexity index is 888. The van der Waals surface area contributed by atoms with Gasteiger partial charge in [-0.2, -0.15) is 0 Å². The maximum atomic E-state index is 12.6. The number of benzene rings is 2. The Labute approximate surface area is 183 Å². The van der Waals surface area contributed by atoms with Crippen LogP contribution in [0, 0.1) is 0 Å². The Morgan fingerprint density at radius 2 is 1.74 bits per heavy atom. The van der Waals surface area contributed by atoms with Gasteiger partial charge in [0.25, 0.3) is 0 Å². The highest BCUT2D eigenvalue weighted by Gasteiger charge is 2.23. The molecular weight excluding hydrogens is 400 g/mol. The smallest absolute Gasteiger partial charge is 0.234 e. The van der Waals surface area contributed by atoms with Crippen LogP contribution in [0.15, 0.2) is 36.4 Å². The molecule has 0 bridgehead atoms. The number of likely N-dealkylation sites (N-methyl/N-ethyl adjacent to an activating group) is 1. The molecule has 0 spiro atoms. The first-order chi connectivity index (χ1) is 15.1. The highest BCUT2D eigenvalue weighted by Crippen LogP contribution is 2.34. The molecule has 0 fully saturated rings. The van der Waals surface area contributed by atoms with E-state index in [0.717, 1.165) is 17.1 Å². The Hall–Kier alpha value is -3.13. The molecule has 0 saturated carbocycles. The molecule has 0 aromatic heterocycles. The molecule has 1 unspecified atom stereocenters. The molecule has 1 aliphatic heterocycles. The fraction of sp³-hybridized carbons (Fsp3) is 0.435. The zero-order chi connectivity index (χ0) is 22.2. The molecule has 168 valence electrons. The third-order valence-electron chi connectivity index (χ3n) is 5.11. The summed E-state index contributed by atoms with van der Waals surface area (Å²) in [6, 6.07) is 11.2. The molecule has 1 atom stereocenters. The number of ether oxygens (including phenoxy) is 5. The minimum absolute atomic E-state index is 0.0872. The van der Waals surface area contributed by atoms with Crippen LogP contribution in [-0.4, -0.2) is 64.5 Å². The van der Waals surface area contributed by atoms with E-state index in [2.05, 4.69) is 5.32 Å². The summed E-state index contributed by atoms with van der Waals surface area (Å²) in [6.07, 6.45) is -0.131. The van der Waals surface area contributed by atoms with Gasteiger partial charge >= 0.3 is 0 Å². The summed E-state index contributed by atoms with van der Waals surface area (Å²) < 4.78 is 27.9. The van der Waals surface area contributed by atoms with Crippen LogP contribution in [0.5, 0.6) is 28.7 Å². The number of fused-ring (bicyclic) bond motifs is 1. The van der Waals surface area contributed by atoms with E-state index in [-0.39, 0.29) is 18.6 Å². The van der Waals surface area contributed by atoms with E-state index in [1.807, 2.05) is 36.1 Å². The van der Waals surface area contributed by atoms with Crippen molar-refractivity contribution in [1.29, 1.82) is 0 Å². The lowest BCUT2D eigenvalue weighted by Gasteiger charge is -2.30. The largest absolute Gasteiger partial charge is 0.496 e. The lowest BCUT2D eigenvalue weighted by molar-refractivity contribution is -0.122. The van der Waals surface area contributed by atoms with E-state index >= 15 is 0 Å². The fourth-order valence-corrected chi connectivity index (χ4v) is 3.43. The summed E-state index contributed by atoms with van der Waals surface area (Å²) in [5.74, 6) is 3.18. The van der Waals surface area contributed by atoms with Crippen molar-refractivity contribution < 1.29 is 28.5 Å². The second-order valence-electron chi connectivity index (χ2n) is 7.12. The third kappa shape index (κ3) is 5.73. The number of hydrogen-bond donors (Lipinski definition) is 1. The Morgan fingerprint density at radius 3 is 2.42 bits per heavy atom. The van der Waals surface area contributed by atoms with Crippen molar-refractivity contribution in [3.63, 3.8) is 0 Å². The maximum absolute atomic E-state index is 12.6. The quantitative estimate of drug-likeness (QED) is 0.620. The molecule has 1 N–H and O–H groups in total. The molecule has 0 aliphatic carbocycles. The molecule has 1 aliphatic rings. The van der Waals surface area contributed by atoms with Gasteiger partial charge in [0.15, 0.2) is 23.0 Å². The van der Waals surface area contributed by atoms with Crippen LogP contribution in [0.3, 0.4) is 0 Å². The van der Waals surface area contributed by atoms with Crippen LogP contribution < -0.4 is 29.0 Å². The molecule has 1 heterocycles. The molecule has 31 heavy (non-hydrogen) atoms. The van der Waals surface area contributed by atoms with Crippen LogP contribution in [0.1, 0.15) is 12.5 Å². The van der Waals surface area contributed by atoms with Crippen molar-refractivity contribution in [2.75, 3.05) is 47.6 Å². The van der Waals surface area contributed by atoms with Gasteiger partial charge in [-0.25, -0.2) is 0 Å². The highest BCUT2D eigenvalue weighted by molar-refractivity contribution is 5.78. The van der Waals surface area contributed by atoms with Crippen molar-refractivity contribution in [2.45, 2.75) is 19.6 Å². The predicted octanol–water partition coefficient (Wildman–Crippen LogP) is 2.49. The first-order valence-electron chi connectivity index (χ1n) is 10.2. The average Bonchev–Trinajstić information content (AvgIpc) is 2.81. The summed E-state index contributed by atoms with van der Waals surface area (Å²) >= 11 is 0. The van der Waals surface area contributed by atoms with Crippen molar-refractivity contribution in [2.24, 2.45) is 0 Å². The summed E-state index contributed by atoms with van der Waals surface area (Å²) in [4.78, 5) is 14.6. The summed E-state index contributed by atoms with van der Waals surface area (Å²) in [6.45, 7) is 4.36. The van der Waals surface area contributed by atoms with Gasteiger partial charge in [0, 0.05) is 24.7 Å². The second kappa shape index (κ2) is 10.8. The Morgan fingerprint density at radius 1 is 1.06 bits per heavy atom. The molecular formula is C23H30N2O6. The van der Waals surface area contributed by atoms with E-state index in [0.29, 0.717) is 43.5 Å². The number of amides is 1. The second-order valence-corrected chi connectivity index (χ2v) is 7.12. The Kier molecular flexibility index (Phi) is 7.83. The summed E-state index contributed by atoms with van der Waals surface area (Å²) in [5, 5.41) is 2.95. The monoisotopic (exact) mass is 430 g/mol. The molecule has 0 radical (unpaired) electrons. The number of nitrogens with zero attached hydrogens (tertiary/aromatic N) is 1. The fourth-order valence-electron chi connectivity index (χ4n) is 3.43. The molecule has 2 aromatic carbocycles. The number of carbonyl (C=O) groups is 1. The van der Waals surface area contributed by atoms with Crippen LogP contribution in [0.2, 0.25) is 0 Å². The van der Waals surface area contributed by atoms with E-state index in [1.54, 1.807) is 33.5 Å². The maximum Gasteiger partial charge on any atom is 0.234 e. The van der Waals surface area contributed by atoms with Crippen LogP contribution in [-0.2, 0) is 11.3 Å². The number of para-hydroxylation sites is 2. The van der Waals surface area contributed by atoms with Crippen LogP contribution >= 0.6 is 0 Å². The minimum atomic E-state index is -0.131. The van der Waals surface area contributed by atoms with Gasteiger partial charge in [-0.3, -0.25) is 9.69 Å². The zero-order valence-electron chi connectivity index (χ0n) is 18.5. The Balaban J connectivity index is 1.55. The molecule has 8 nitrogen and oxygen atoms in total. The van der Waals surface area contributed by atoms with E-state index in [1.165, 1.54) is 0 Å². The van der Waals surface area contributed by atoms with Gasteiger partial charge in [-0.15, -0.1) is 0 Å². The number of nitrogens with one attached hydrogen (secondary N) is 1. The van der Waals surface area contributed by atoms with Gasteiger partial charge < -0.3 is 29.0 Å². The van der Waals surface area contributed by atoms with Gasteiger partial charge in [0.2, 0.25) is 5.91 Å². The molecule has 3 rings (SSSR count). The van der Waals surface area contributed by atoms with Gasteiger partial charge in [-0.1, -0.05) is 19.1 Å². The summed E-state index contributed by atoms with van der Waals surface area (Å²) in [5.41, 5.74) is 0.803. The minimum Gasteiger partial charge on any atom is -0.496 e. The standard InChI is InChI=1S/C23H30N2O6/c1-5-25(13-17-15-30-18-8-6-7-9-19(18)31-17)14-23(26)24-12-16-10-21(28-3)22(29-4)11-20(16)27-2/h6-11,17H,5,12-15H2,1-4H3,(H,24,26). The lowest BCUT2D eigenvalue weighted by Crippen LogP contribution is -2.44. The van der Waals surface area contributed by atoms with Crippen LogP contribution in [0.4, 0.5) is 0 Å². The normalized spacial score (nSPS) is 14.8. The third-order valence-corrected chi connectivity index (χ3v) is 5.11. The van der Waals surface area contributed by atoms with E-state index in [9.17, 15) is 4.79 Å². The van der Waals surface area contributed by atoms with Crippen molar-refractivity contribution in [3.8, 4) is 28.7 Å². The van der Waals surface area contributed by atoms with Crippen molar-refractivity contribution in [3.05, 3.63) is 42.0 Å². The van der Waals surface area contributed by atoms with E-state index in [4.69, 9.17) is 23.7 Å². The lowest BCUT2D eigenvalue weighted by atomic mass is 10.1. The number of methoxy groups -OCH3 is 3. The topological polar surface area (TPSA) is 78.5 Å². The number of rotatable bonds is 10.